The molecule has 1 atom stereocenters. The molecule has 0 aliphatic heterocycles. The third kappa shape index (κ3) is 6.20. The van der Waals surface area contributed by atoms with E-state index in [9.17, 15) is 4.79 Å². The zero-order valence-corrected chi connectivity index (χ0v) is 20.3. The zero-order chi connectivity index (χ0) is 21.8. The van der Waals surface area contributed by atoms with Crippen LogP contribution in [-0.2, 0) is 4.74 Å². The van der Waals surface area contributed by atoms with Crippen molar-refractivity contribution in [2.75, 3.05) is 0 Å². The third-order valence-electron chi connectivity index (χ3n) is 5.40. The highest BCUT2D eigenvalue weighted by Crippen LogP contribution is 2.19. The van der Waals surface area contributed by atoms with Crippen molar-refractivity contribution in [2.24, 2.45) is 5.92 Å². The Kier molecular flexibility index (Phi) is 7.33. The minimum absolute atomic E-state index is 0.0303. The molecule has 158 valence electrons. The monoisotopic (exact) mass is 411 g/mol. The van der Waals surface area contributed by atoms with Gasteiger partial charge in [-0.15, -0.1) is 0 Å². The number of rotatable bonds is 6. The van der Waals surface area contributed by atoms with Crippen LogP contribution in [0.25, 0.3) is 0 Å². The van der Waals surface area contributed by atoms with Gasteiger partial charge in [0.1, 0.15) is 13.7 Å². The lowest BCUT2D eigenvalue weighted by Gasteiger charge is -2.39. The van der Waals surface area contributed by atoms with Gasteiger partial charge in [0.25, 0.3) is 0 Å². The quantitative estimate of drug-likeness (QED) is 0.681. The lowest BCUT2D eigenvalue weighted by molar-refractivity contribution is 0.0515. The van der Waals surface area contributed by atoms with Crippen LogP contribution < -0.4 is 15.7 Å². The van der Waals surface area contributed by atoms with E-state index in [0.29, 0.717) is 5.92 Å². The highest BCUT2D eigenvalue weighted by Gasteiger charge is 2.42. The molecular formula is C25H37NO2Si. The fourth-order valence-corrected chi connectivity index (χ4v) is 7.93. The van der Waals surface area contributed by atoms with E-state index < -0.39 is 13.7 Å². The molecular weight excluding hydrogens is 374 g/mol. The second-order valence-corrected chi connectivity index (χ2v) is 14.0. The molecule has 0 bridgehead atoms. The summed E-state index contributed by atoms with van der Waals surface area (Å²) in [5.41, 5.74) is 2.00. The van der Waals surface area contributed by atoms with E-state index in [1.807, 2.05) is 20.8 Å². The first kappa shape index (κ1) is 23.2. The van der Waals surface area contributed by atoms with Crippen LogP contribution >= 0.6 is 0 Å². The van der Waals surface area contributed by atoms with Gasteiger partial charge in [-0.2, -0.15) is 0 Å². The Labute approximate surface area is 177 Å². The number of amides is 1. The Balaban J connectivity index is 2.55. The number of hydrogen-bond donors (Lipinski definition) is 1. The standard InChI is InChI=1S/C25H37NO2Si/c1-18(2)17-23(26-24(27)28-25(5,6)7)29(8,21-13-9-19(3)10-14-21)22-15-11-20(4)12-16-22/h9-16,18,23H,17H2,1-8H3,(H,26,27)/t23-/m1/s1. The predicted octanol–water partition coefficient (Wildman–Crippen LogP) is 4.97. The molecule has 0 aliphatic rings. The summed E-state index contributed by atoms with van der Waals surface area (Å²) in [5, 5.41) is 5.93. The topological polar surface area (TPSA) is 38.3 Å². The number of hydrogen-bond acceptors (Lipinski definition) is 2. The van der Waals surface area contributed by atoms with E-state index in [2.05, 4.69) is 88.1 Å². The Morgan fingerprint density at radius 1 is 0.931 bits per heavy atom. The van der Waals surface area contributed by atoms with Gasteiger partial charge in [-0.05, 0) is 47.0 Å². The molecule has 0 aromatic heterocycles. The van der Waals surface area contributed by atoms with Crippen LogP contribution in [0.2, 0.25) is 6.55 Å². The van der Waals surface area contributed by atoms with Gasteiger partial charge in [-0.3, -0.25) is 0 Å². The summed E-state index contributed by atoms with van der Waals surface area (Å²) in [6, 6.07) is 17.7. The first-order valence-electron chi connectivity index (χ1n) is 10.6. The minimum atomic E-state index is -2.29. The van der Waals surface area contributed by atoms with Gasteiger partial charge >= 0.3 is 6.09 Å². The second kappa shape index (κ2) is 9.16. The van der Waals surface area contributed by atoms with Gasteiger partial charge in [0.15, 0.2) is 0 Å². The van der Waals surface area contributed by atoms with E-state index in [1.54, 1.807) is 0 Å². The fourth-order valence-electron chi connectivity index (χ4n) is 3.73. The number of aryl methyl sites for hydroxylation is 2. The van der Waals surface area contributed by atoms with E-state index in [4.69, 9.17) is 4.74 Å². The van der Waals surface area contributed by atoms with Crippen LogP contribution in [0.1, 0.15) is 52.2 Å². The first-order valence-corrected chi connectivity index (χ1v) is 13.1. The molecule has 1 N–H and O–H groups in total. The molecule has 0 saturated heterocycles. The molecule has 0 saturated carbocycles. The van der Waals surface area contributed by atoms with Crippen LogP contribution in [0.15, 0.2) is 48.5 Å². The average Bonchev–Trinajstić information content (AvgIpc) is 2.59. The second-order valence-electron chi connectivity index (χ2n) is 9.76. The summed E-state index contributed by atoms with van der Waals surface area (Å²) in [5.74, 6) is 0.456. The molecule has 0 radical (unpaired) electrons. The third-order valence-corrected chi connectivity index (χ3v) is 10.2. The number of carbonyl (C=O) groups is 1. The average molecular weight is 412 g/mol. The molecule has 2 aromatic carbocycles. The molecule has 4 heteroatoms. The van der Waals surface area contributed by atoms with Gasteiger partial charge < -0.3 is 10.1 Å². The molecule has 29 heavy (non-hydrogen) atoms. The first-order chi connectivity index (χ1) is 13.4. The van der Waals surface area contributed by atoms with Crippen molar-refractivity contribution in [1.29, 1.82) is 0 Å². The van der Waals surface area contributed by atoms with Gasteiger partial charge in [0, 0.05) is 5.67 Å². The Hall–Kier alpha value is -2.07. The van der Waals surface area contributed by atoms with Crippen LogP contribution in [0.5, 0.6) is 0 Å². The molecule has 0 spiro atoms. The van der Waals surface area contributed by atoms with Crippen molar-refractivity contribution in [3.63, 3.8) is 0 Å². The van der Waals surface area contributed by atoms with E-state index in [0.717, 1.165) is 6.42 Å². The molecule has 1 amide bonds. The smallest absolute Gasteiger partial charge is 0.407 e. The van der Waals surface area contributed by atoms with Crippen LogP contribution in [-0.4, -0.2) is 25.4 Å². The Bertz CT molecular complexity index is 759. The van der Waals surface area contributed by atoms with Gasteiger partial charge in [0.2, 0.25) is 0 Å². The SMILES string of the molecule is Cc1ccc([Si](C)(c2ccc(C)cc2)[C@H](CC(C)C)NC(=O)OC(C)(C)C)cc1. The summed E-state index contributed by atoms with van der Waals surface area (Å²) < 4.78 is 5.63. The van der Waals surface area contributed by atoms with Crippen LogP contribution in [0, 0.1) is 19.8 Å². The maximum atomic E-state index is 12.8. The Morgan fingerprint density at radius 3 is 1.69 bits per heavy atom. The van der Waals surface area contributed by atoms with Crippen molar-refractivity contribution in [3.05, 3.63) is 59.7 Å². The fraction of sp³-hybridized carbons (Fsp3) is 0.480. The van der Waals surface area contributed by atoms with Gasteiger partial charge in [-0.1, -0.05) is 90.4 Å². The summed E-state index contributed by atoms with van der Waals surface area (Å²) >= 11 is 0. The van der Waals surface area contributed by atoms with Gasteiger partial charge in [-0.25, -0.2) is 4.79 Å². The van der Waals surface area contributed by atoms with Crippen LogP contribution in [0.4, 0.5) is 4.79 Å². The molecule has 0 aliphatic carbocycles. The van der Waals surface area contributed by atoms with E-state index in [1.165, 1.54) is 21.5 Å². The summed E-state index contributed by atoms with van der Waals surface area (Å²) in [6.07, 6.45) is 0.574. The molecule has 3 nitrogen and oxygen atoms in total. The molecule has 0 unspecified atom stereocenters. The predicted molar refractivity (Wildman–Crippen MR) is 126 cm³/mol. The van der Waals surface area contributed by atoms with Crippen LogP contribution in [0.3, 0.4) is 0 Å². The summed E-state index contributed by atoms with van der Waals surface area (Å²) in [6.45, 7) is 16.7. The van der Waals surface area contributed by atoms with Crippen molar-refractivity contribution >= 4 is 24.5 Å². The van der Waals surface area contributed by atoms with Gasteiger partial charge in [0.05, 0.1) is 0 Å². The number of ether oxygens (including phenoxy) is 1. The summed E-state index contributed by atoms with van der Waals surface area (Å²) in [7, 11) is -2.29. The minimum Gasteiger partial charge on any atom is -0.444 e. The molecule has 0 heterocycles. The molecule has 0 fully saturated rings. The van der Waals surface area contributed by atoms with Crippen molar-refractivity contribution in [1.82, 2.24) is 5.32 Å². The highest BCUT2D eigenvalue weighted by atomic mass is 28.3. The van der Waals surface area contributed by atoms with E-state index >= 15 is 0 Å². The largest absolute Gasteiger partial charge is 0.444 e. The lowest BCUT2D eigenvalue weighted by Crippen LogP contribution is -2.69. The highest BCUT2D eigenvalue weighted by molar-refractivity contribution is 7.02. The maximum Gasteiger partial charge on any atom is 0.407 e. The number of benzene rings is 2. The Morgan fingerprint density at radius 2 is 1.34 bits per heavy atom. The molecule has 2 rings (SSSR count). The normalized spacial score (nSPS) is 13.3. The van der Waals surface area contributed by atoms with Crippen molar-refractivity contribution in [3.8, 4) is 0 Å². The van der Waals surface area contributed by atoms with Crippen molar-refractivity contribution in [2.45, 2.75) is 72.7 Å². The summed E-state index contributed by atoms with van der Waals surface area (Å²) in [4.78, 5) is 12.8. The van der Waals surface area contributed by atoms with E-state index in [-0.39, 0.29) is 11.8 Å². The van der Waals surface area contributed by atoms with Crippen molar-refractivity contribution < 1.29 is 9.53 Å². The number of alkyl carbamates (subject to hydrolysis) is 1. The molecule has 2 aromatic rings. The number of carbonyl (C=O) groups excluding carboxylic acids is 1. The maximum absolute atomic E-state index is 12.8. The lowest BCUT2D eigenvalue weighted by atomic mass is 10.1. The number of nitrogens with one attached hydrogen (secondary N) is 1. The zero-order valence-electron chi connectivity index (χ0n) is 19.3.